The lowest BCUT2D eigenvalue weighted by molar-refractivity contribution is 0.353. The predicted octanol–water partition coefficient (Wildman–Crippen LogP) is 1.23. The third-order valence-electron chi connectivity index (χ3n) is 2.73. The molecule has 0 fully saturated rings. The number of hydrogen-bond donors (Lipinski definition) is 2. The normalized spacial score (nSPS) is 12.3. The molecule has 0 aliphatic carbocycles. The van der Waals surface area contributed by atoms with E-state index in [2.05, 4.69) is 5.32 Å². The van der Waals surface area contributed by atoms with Crippen LogP contribution in [0.3, 0.4) is 0 Å². The fraction of sp³-hybridized carbons (Fsp3) is 0.500. The van der Waals surface area contributed by atoms with Crippen LogP contribution in [-0.4, -0.2) is 27.8 Å². The Labute approximate surface area is 96.7 Å². The number of likely N-dealkylation sites (N-methyl/N-ethyl adjacent to an activating group) is 1. The first-order valence-electron chi connectivity index (χ1n) is 5.27. The number of aryl methyl sites for hydroxylation is 1. The zero-order valence-electron chi connectivity index (χ0n) is 10.3. The molecule has 1 aromatic rings. The van der Waals surface area contributed by atoms with Gasteiger partial charge in [0.1, 0.15) is 0 Å². The van der Waals surface area contributed by atoms with E-state index in [1.54, 1.807) is 14.2 Å². The largest absolute Gasteiger partial charge is 0.493 e. The lowest BCUT2D eigenvalue weighted by Crippen LogP contribution is -2.25. The van der Waals surface area contributed by atoms with Crippen LogP contribution in [0.2, 0.25) is 0 Å². The molecule has 0 aliphatic heterocycles. The second kappa shape index (κ2) is 5.72. The van der Waals surface area contributed by atoms with Gasteiger partial charge < -0.3 is 20.5 Å². The van der Waals surface area contributed by atoms with Crippen molar-refractivity contribution in [3.8, 4) is 11.5 Å². The minimum atomic E-state index is 0.139. The molecular weight excluding hydrogens is 204 g/mol. The SMILES string of the molecule is CNC(CN)c1cc(OC)c(OC)cc1C. The van der Waals surface area contributed by atoms with Gasteiger partial charge in [0.25, 0.3) is 0 Å². The van der Waals surface area contributed by atoms with Crippen molar-refractivity contribution in [2.45, 2.75) is 13.0 Å². The quantitative estimate of drug-likeness (QED) is 0.790. The average molecular weight is 224 g/mol. The molecule has 0 saturated heterocycles. The molecule has 0 amide bonds. The van der Waals surface area contributed by atoms with Crippen molar-refractivity contribution in [3.63, 3.8) is 0 Å². The first kappa shape index (κ1) is 12.8. The second-order valence-corrected chi connectivity index (χ2v) is 3.64. The van der Waals surface area contributed by atoms with E-state index in [4.69, 9.17) is 15.2 Å². The molecule has 1 unspecified atom stereocenters. The van der Waals surface area contributed by atoms with Gasteiger partial charge in [0.05, 0.1) is 14.2 Å². The summed E-state index contributed by atoms with van der Waals surface area (Å²) in [7, 11) is 5.16. The van der Waals surface area contributed by atoms with Gasteiger partial charge in [-0.05, 0) is 37.2 Å². The Morgan fingerprint density at radius 1 is 1.25 bits per heavy atom. The van der Waals surface area contributed by atoms with Gasteiger partial charge in [0.15, 0.2) is 11.5 Å². The fourth-order valence-corrected chi connectivity index (χ4v) is 1.77. The Balaban J connectivity index is 3.19. The molecule has 4 heteroatoms. The highest BCUT2D eigenvalue weighted by molar-refractivity contribution is 5.48. The van der Waals surface area contributed by atoms with Crippen LogP contribution in [0.5, 0.6) is 11.5 Å². The van der Waals surface area contributed by atoms with Gasteiger partial charge in [-0.2, -0.15) is 0 Å². The zero-order chi connectivity index (χ0) is 12.1. The van der Waals surface area contributed by atoms with Crippen molar-refractivity contribution in [1.82, 2.24) is 5.32 Å². The van der Waals surface area contributed by atoms with Gasteiger partial charge in [-0.3, -0.25) is 0 Å². The highest BCUT2D eigenvalue weighted by Gasteiger charge is 2.14. The van der Waals surface area contributed by atoms with Crippen LogP contribution in [-0.2, 0) is 0 Å². The number of methoxy groups -OCH3 is 2. The molecule has 1 rings (SSSR count). The van der Waals surface area contributed by atoms with Gasteiger partial charge in [-0.25, -0.2) is 0 Å². The van der Waals surface area contributed by atoms with Crippen LogP contribution in [0.1, 0.15) is 17.2 Å². The molecule has 4 nitrogen and oxygen atoms in total. The Hall–Kier alpha value is -1.26. The minimum Gasteiger partial charge on any atom is -0.493 e. The third kappa shape index (κ3) is 2.46. The fourth-order valence-electron chi connectivity index (χ4n) is 1.77. The Bertz CT molecular complexity index is 349. The van der Waals surface area contributed by atoms with Gasteiger partial charge in [0, 0.05) is 12.6 Å². The number of nitrogens with two attached hydrogens (primary N) is 1. The van der Waals surface area contributed by atoms with Crippen molar-refractivity contribution in [2.24, 2.45) is 5.73 Å². The van der Waals surface area contributed by atoms with Crippen LogP contribution in [0.4, 0.5) is 0 Å². The van der Waals surface area contributed by atoms with Crippen LogP contribution in [0.25, 0.3) is 0 Å². The van der Waals surface area contributed by atoms with Crippen LogP contribution >= 0.6 is 0 Å². The molecule has 90 valence electrons. The zero-order valence-corrected chi connectivity index (χ0v) is 10.3. The van der Waals surface area contributed by atoms with E-state index < -0.39 is 0 Å². The molecular formula is C12H20N2O2. The number of benzene rings is 1. The van der Waals surface area contributed by atoms with E-state index in [9.17, 15) is 0 Å². The smallest absolute Gasteiger partial charge is 0.161 e. The summed E-state index contributed by atoms with van der Waals surface area (Å²) >= 11 is 0. The molecule has 0 spiro atoms. The molecule has 0 aromatic heterocycles. The highest BCUT2D eigenvalue weighted by Crippen LogP contribution is 2.32. The first-order chi connectivity index (χ1) is 7.67. The first-order valence-corrected chi connectivity index (χ1v) is 5.27. The summed E-state index contributed by atoms with van der Waals surface area (Å²) in [5.74, 6) is 1.48. The Morgan fingerprint density at radius 2 is 1.81 bits per heavy atom. The van der Waals surface area contributed by atoms with E-state index in [0.717, 1.165) is 22.6 Å². The van der Waals surface area contributed by atoms with Crippen LogP contribution in [0, 0.1) is 6.92 Å². The summed E-state index contributed by atoms with van der Waals surface area (Å²) in [6, 6.07) is 4.08. The van der Waals surface area contributed by atoms with Crippen LogP contribution < -0.4 is 20.5 Å². The second-order valence-electron chi connectivity index (χ2n) is 3.64. The van der Waals surface area contributed by atoms with E-state index in [-0.39, 0.29) is 6.04 Å². The van der Waals surface area contributed by atoms with E-state index in [1.165, 1.54) is 0 Å². The Kier molecular flexibility index (Phi) is 4.58. The van der Waals surface area contributed by atoms with E-state index >= 15 is 0 Å². The number of rotatable bonds is 5. The maximum absolute atomic E-state index is 5.71. The van der Waals surface area contributed by atoms with Gasteiger partial charge in [-0.15, -0.1) is 0 Å². The maximum atomic E-state index is 5.71. The molecule has 1 atom stereocenters. The van der Waals surface area contributed by atoms with Gasteiger partial charge in [-0.1, -0.05) is 0 Å². The highest BCUT2D eigenvalue weighted by atomic mass is 16.5. The summed E-state index contributed by atoms with van der Waals surface area (Å²) in [6.45, 7) is 2.59. The lowest BCUT2D eigenvalue weighted by Gasteiger charge is -2.19. The van der Waals surface area contributed by atoms with E-state index in [0.29, 0.717) is 6.54 Å². The standard InChI is InChI=1S/C12H20N2O2/c1-8-5-11(15-3)12(16-4)6-9(8)10(7-13)14-2/h5-6,10,14H,7,13H2,1-4H3. The van der Waals surface area contributed by atoms with Gasteiger partial charge >= 0.3 is 0 Å². The predicted molar refractivity (Wildman–Crippen MR) is 65.1 cm³/mol. The third-order valence-corrected chi connectivity index (χ3v) is 2.73. The molecule has 0 bridgehead atoms. The average Bonchev–Trinajstić information content (AvgIpc) is 2.32. The molecule has 16 heavy (non-hydrogen) atoms. The summed E-state index contributed by atoms with van der Waals surface area (Å²) in [5, 5.41) is 3.18. The minimum absolute atomic E-state index is 0.139. The van der Waals surface area contributed by atoms with Gasteiger partial charge in [0.2, 0.25) is 0 Å². The molecule has 3 N–H and O–H groups in total. The van der Waals surface area contributed by atoms with E-state index in [1.807, 2.05) is 26.1 Å². The molecule has 1 aromatic carbocycles. The maximum Gasteiger partial charge on any atom is 0.161 e. The lowest BCUT2D eigenvalue weighted by atomic mass is 10.0. The van der Waals surface area contributed by atoms with Crippen molar-refractivity contribution in [1.29, 1.82) is 0 Å². The Morgan fingerprint density at radius 3 is 2.25 bits per heavy atom. The molecule has 0 aliphatic rings. The van der Waals surface area contributed by atoms with Crippen molar-refractivity contribution in [2.75, 3.05) is 27.8 Å². The van der Waals surface area contributed by atoms with Crippen molar-refractivity contribution >= 4 is 0 Å². The monoisotopic (exact) mass is 224 g/mol. The summed E-state index contributed by atoms with van der Waals surface area (Å²) < 4.78 is 10.5. The van der Waals surface area contributed by atoms with Crippen molar-refractivity contribution in [3.05, 3.63) is 23.3 Å². The topological polar surface area (TPSA) is 56.5 Å². The number of ether oxygens (including phenoxy) is 2. The van der Waals surface area contributed by atoms with Crippen LogP contribution in [0.15, 0.2) is 12.1 Å². The molecule has 0 heterocycles. The number of nitrogens with one attached hydrogen (secondary N) is 1. The number of hydrogen-bond acceptors (Lipinski definition) is 4. The summed E-state index contributed by atoms with van der Waals surface area (Å²) in [6.07, 6.45) is 0. The van der Waals surface area contributed by atoms with Crippen molar-refractivity contribution < 1.29 is 9.47 Å². The summed E-state index contributed by atoms with van der Waals surface area (Å²) in [4.78, 5) is 0. The summed E-state index contributed by atoms with van der Waals surface area (Å²) in [5.41, 5.74) is 7.99. The molecule has 0 radical (unpaired) electrons. The molecule has 0 saturated carbocycles.